The van der Waals surface area contributed by atoms with Crippen LogP contribution in [0.15, 0.2) is 17.6 Å². The Labute approximate surface area is 70.6 Å². The summed E-state index contributed by atoms with van der Waals surface area (Å²) in [7, 11) is 1.91. The summed E-state index contributed by atoms with van der Waals surface area (Å²) in [6.07, 6.45) is 5.65. The third-order valence-electron chi connectivity index (χ3n) is 1.25. The van der Waals surface area contributed by atoms with Crippen LogP contribution in [0.1, 0.15) is 5.56 Å². The molecule has 4 heteroatoms. The summed E-state index contributed by atoms with van der Waals surface area (Å²) < 4.78 is 0. The lowest BCUT2D eigenvalue weighted by Gasteiger charge is -1.98. The molecule has 0 saturated heterocycles. The van der Waals surface area contributed by atoms with E-state index in [-0.39, 0.29) is 0 Å². The normalized spacial score (nSPS) is 10.0. The fourth-order valence-corrected chi connectivity index (χ4v) is 1.06. The monoisotopic (exact) mass is 169 g/mol. The summed E-state index contributed by atoms with van der Waals surface area (Å²) in [6, 6.07) is 0. The fraction of sp³-hybridized carbons (Fsp3) is 0.429. The van der Waals surface area contributed by atoms with Gasteiger partial charge in [0.15, 0.2) is 5.16 Å². The van der Waals surface area contributed by atoms with Crippen LogP contribution in [0.4, 0.5) is 0 Å². The van der Waals surface area contributed by atoms with Crippen molar-refractivity contribution in [2.45, 2.75) is 11.7 Å². The molecule has 0 atom stereocenters. The van der Waals surface area contributed by atoms with Gasteiger partial charge in [-0.3, -0.25) is 0 Å². The van der Waals surface area contributed by atoms with E-state index in [2.05, 4.69) is 15.3 Å². The van der Waals surface area contributed by atoms with Gasteiger partial charge in [0.05, 0.1) is 0 Å². The molecule has 0 aliphatic rings. The van der Waals surface area contributed by atoms with Crippen molar-refractivity contribution in [3.63, 3.8) is 0 Å². The smallest absolute Gasteiger partial charge is 0.187 e. The van der Waals surface area contributed by atoms with Crippen LogP contribution >= 0.6 is 11.8 Å². The molecule has 11 heavy (non-hydrogen) atoms. The molecule has 0 aliphatic carbocycles. The van der Waals surface area contributed by atoms with Crippen LogP contribution in [0.5, 0.6) is 0 Å². The van der Waals surface area contributed by atoms with Gasteiger partial charge in [0.1, 0.15) is 0 Å². The first-order chi connectivity index (χ1) is 5.36. The minimum Gasteiger partial charge on any atom is -0.316 e. The van der Waals surface area contributed by atoms with Gasteiger partial charge in [0.2, 0.25) is 0 Å². The van der Waals surface area contributed by atoms with Gasteiger partial charge in [-0.1, -0.05) is 11.8 Å². The van der Waals surface area contributed by atoms with Gasteiger partial charge in [-0.25, -0.2) is 9.97 Å². The lowest BCUT2D eigenvalue weighted by Crippen LogP contribution is -2.05. The van der Waals surface area contributed by atoms with Crippen LogP contribution < -0.4 is 5.32 Å². The van der Waals surface area contributed by atoms with Crippen LogP contribution in [0.3, 0.4) is 0 Å². The summed E-state index contributed by atoms with van der Waals surface area (Å²) in [4.78, 5) is 8.26. The maximum absolute atomic E-state index is 4.13. The van der Waals surface area contributed by atoms with Gasteiger partial charge >= 0.3 is 0 Å². The Morgan fingerprint density at radius 2 is 2.09 bits per heavy atom. The molecule has 0 fully saturated rings. The molecule has 0 aromatic carbocycles. The van der Waals surface area contributed by atoms with Crippen molar-refractivity contribution in [3.8, 4) is 0 Å². The van der Waals surface area contributed by atoms with Crippen molar-refractivity contribution in [2.24, 2.45) is 0 Å². The summed E-state index contributed by atoms with van der Waals surface area (Å²) in [6.45, 7) is 0.828. The van der Waals surface area contributed by atoms with E-state index >= 15 is 0 Å². The van der Waals surface area contributed by atoms with Crippen LogP contribution in [-0.2, 0) is 6.54 Å². The second-order valence-electron chi connectivity index (χ2n) is 2.11. The summed E-state index contributed by atoms with van der Waals surface area (Å²) in [5, 5.41) is 3.86. The lowest BCUT2D eigenvalue weighted by molar-refractivity contribution is 0.794. The van der Waals surface area contributed by atoms with E-state index in [1.165, 1.54) is 0 Å². The summed E-state index contributed by atoms with van der Waals surface area (Å²) in [5.74, 6) is 0. The molecule has 1 rings (SSSR count). The first-order valence-electron chi connectivity index (χ1n) is 3.36. The van der Waals surface area contributed by atoms with Gasteiger partial charge in [-0.2, -0.15) is 0 Å². The zero-order valence-corrected chi connectivity index (χ0v) is 7.48. The van der Waals surface area contributed by atoms with E-state index in [0.717, 1.165) is 17.3 Å². The average Bonchev–Trinajstić information content (AvgIpc) is 2.07. The maximum Gasteiger partial charge on any atom is 0.187 e. The number of hydrogen-bond acceptors (Lipinski definition) is 4. The Hall–Kier alpha value is -0.610. The third kappa shape index (κ3) is 2.48. The second-order valence-corrected chi connectivity index (χ2v) is 2.88. The zero-order chi connectivity index (χ0) is 8.10. The first-order valence-corrected chi connectivity index (χ1v) is 4.59. The Kier molecular flexibility index (Phi) is 3.32. The second kappa shape index (κ2) is 4.31. The van der Waals surface area contributed by atoms with Crippen molar-refractivity contribution in [1.82, 2.24) is 15.3 Å². The van der Waals surface area contributed by atoms with Gasteiger partial charge in [-0.15, -0.1) is 0 Å². The first kappa shape index (κ1) is 8.49. The Bertz CT molecular complexity index is 209. The van der Waals surface area contributed by atoms with Gasteiger partial charge in [-0.05, 0) is 13.3 Å². The van der Waals surface area contributed by atoms with Gasteiger partial charge in [0.25, 0.3) is 0 Å². The molecular formula is C7H11N3S. The highest BCUT2D eigenvalue weighted by molar-refractivity contribution is 7.98. The molecule has 1 aromatic heterocycles. The highest BCUT2D eigenvalue weighted by Crippen LogP contribution is 2.06. The standard InChI is InChI=1S/C7H11N3S/c1-8-3-6-4-9-7(11-2)10-5-6/h4-5,8H,3H2,1-2H3. The topological polar surface area (TPSA) is 37.8 Å². The number of aromatic nitrogens is 2. The highest BCUT2D eigenvalue weighted by atomic mass is 32.2. The number of thioether (sulfide) groups is 1. The third-order valence-corrected chi connectivity index (χ3v) is 1.82. The van der Waals surface area contributed by atoms with Gasteiger partial charge < -0.3 is 5.32 Å². The average molecular weight is 169 g/mol. The number of nitrogens with one attached hydrogen (secondary N) is 1. The SMILES string of the molecule is CNCc1cnc(SC)nc1. The molecule has 1 N–H and O–H groups in total. The van der Waals surface area contributed by atoms with E-state index in [0.29, 0.717) is 0 Å². The molecule has 60 valence electrons. The van der Waals surface area contributed by atoms with E-state index in [1.807, 2.05) is 25.7 Å². The van der Waals surface area contributed by atoms with Crippen LogP contribution in [0.2, 0.25) is 0 Å². The number of rotatable bonds is 3. The molecule has 1 aromatic rings. The molecular weight excluding hydrogens is 158 g/mol. The van der Waals surface area contributed by atoms with Crippen LogP contribution in [-0.4, -0.2) is 23.3 Å². The van der Waals surface area contributed by atoms with E-state index in [1.54, 1.807) is 11.8 Å². The lowest BCUT2D eigenvalue weighted by atomic mass is 10.3. The highest BCUT2D eigenvalue weighted by Gasteiger charge is 1.93. The number of hydrogen-bond donors (Lipinski definition) is 1. The Morgan fingerprint density at radius 3 is 2.55 bits per heavy atom. The molecule has 0 spiro atoms. The van der Waals surface area contributed by atoms with E-state index < -0.39 is 0 Å². The van der Waals surface area contributed by atoms with Crippen LogP contribution in [0.25, 0.3) is 0 Å². The van der Waals surface area contributed by atoms with Crippen molar-refractivity contribution in [1.29, 1.82) is 0 Å². The van der Waals surface area contributed by atoms with Gasteiger partial charge in [0, 0.05) is 24.5 Å². The van der Waals surface area contributed by atoms with Crippen molar-refractivity contribution >= 4 is 11.8 Å². The maximum atomic E-state index is 4.13. The molecule has 0 saturated carbocycles. The summed E-state index contributed by atoms with van der Waals surface area (Å²) in [5.41, 5.74) is 1.12. The predicted octanol–water partition coefficient (Wildman–Crippen LogP) is 0.918. The van der Waals surface area contributed by atoms with Crippen molar-refractivity contribution in [3.05, 3.63) is 18.0 Å². The van der Waals surface area contributed by atoms with Crippen molar-refractivity contribution < 1.29 is 0 Å². The quantitative estimate of drug-likeness (QED) is 0.539. The predicted molar refractivity (Wildman–Crippen MR) is 46.6 cm³/mol. The molecule has 0 aliphatic heterocycles. The van der Waals surface area contributed by atoms with E-state index in [4.69, 9.17) is 0 Å². The minimum absolute atomic E-state index is 0.824. The minimum atomic E-state index is 0.824. The zero-order valence-electron chi connectivity index (χ0n) is 6.66. The molecule has 0 bridgehead atoms. The fourth-order valence-electron chi connectivity index (χ4n) is 0.744. The molecule has 3 nitrogen and oxygen atoms in total. The van der Waals surface area contributed by atoms with E-state index in [9.17, 15) is 0 Å². The molecule has 0 amide bonds. The van der Waals surface area contributed by atoms with Crippen molar-refractivity contribution in [2.75, 3.05) is 13.3 Å². The Balaban J connectivity index is 2.66. The molecule has 1 heterocycles. The summed E-state index contributed by atoms with van der Waals surface area (Å²) >= 11 is 1.55. The molecule has 0 unspecified atom stereocenters. The Morgan fingerprint density at radius 1 is 1.45 bits per heavy atom. The molecule has 0 radical (unpaired) electrons. The largest absolute Gasteiger partial charge is 0.316 e. The van der Waals surface area contributed by atoms with Crippen LogP contribution in [0, 0.1) is 0 Å². The number of nitrogens with zero attached hydrogens (tertiary/aromatic N) is 2.